The minimum Gasteiger partial charge on any atom is -0.338 e. The van der Waals surface area contributed by atoms with Gasteiger partial charge in [-0.05, 0) is 44.7 Å². The van der Waals surface area contributed by atoms with E-state index >= 15 is 0 Å². The molecule has 2 aliphatic heterocycles. The molecular formula is C18H30N4O2. The first-order chi connectivity index (χ1) is 11.6. The molecule has 2 saturated heterocycles. The standard InChI is InChI=1S/C18H30N4O2/c1-14(2)16-12-18(24-20-16)19-17(23)13-21-10-6-15(7-11-21)22-8-4-3-5-9-22/h12,14-15H,3-11,13H2,1-2H3,(H,19,23). The summed E-state index contributed by atoms with van der Waals surface area (Å²) in [5.41, 5.74) is 0.868. The molecule has 0 atom stereocenters. The Kier molecular flexibility index (Phi) is 5.89. The zero-order valence-electron chi connectivity index (χ0n) is 15.0. The maximum atomic E-state index is 12.2. The maximum Gasteiger partial charge on any atom is 0.240 e. The summed E-state index contributed by atoms with van der Waals surface area (Å²) in [7, 11) is 0. The summed E-state index contributed by atoms with van der Waals surface area (Å²) in [6.07, 6.45) is 6.42. The Morgan fingerprint density at radius 2 is 1.96 bits per heavy atom. The lowest BCUT2D eigenvalue weighted by atomic mass is 10.00. The number of nitrogens with one attached hydrogen (secondary N) is 1. The number of carbonyl (C=O) groups is 1. The third kappa shape index (κ3) is 4.57. The Morgan fingerprint density at radius 3 is 2.58 bits per heavy atom. The minimum atomic E-state index is -0.0159. The zero-order chi connectivity index (χ0) is 16.9. The average molecular weight is 334 g/mol. The number of rotatable bonds is 5. The number of hydrogen-bond acceptors (Lipinski definition) is 5. The van der Waals surface area contributed by atoms with Gasteiger partial charge in [0.25, 0.3) is 0 Å². The van der Waals surface area contributed by atoms with Crippen LogP contribution in [0.2, 0.25) is 0 Å². The quantitative estimate of drug-likeness (QED) is 0.897. The van der Waals surface area contributed by atoms with Crippen molar-refractivity contribution in [3.63, 3.8) is 0 Å². The van der Waals surface area contributed by atoms with E-state index in [2.05, 4.69) is 34.1 Å². The Balaban J connectivity index is 1.41. The third-order valence-corrected chi connectivity index (χ3v) is 5.21. The molecule has 3 heterocycles. The highest BCUT2D eigenvalue weighted by atomic mass is 16.5. The first-order valence-corrected chi connectivity index (χ1v) is 9.34. The highest BCUT2D eigenvalue weighted by molar-refractivity contribution is 5.90. The van der Waals surface area contributed by atoms with Gasteiger partial charge in [-0.1, -0.05) is 25.4 Å². The van der Waals surface area contributed by atoms with E-state index in [1.54, 1.807) is 0 Å². The predicted molar refractivity (Wildman–Crippen MR) is 94.1 cm³/mol. The lowest BCUT2D eigenvalue weighted by molar-refractivity contribution is -0.117. The van der Waals surface area contributed by atoms with Crippen molar-refractivity contribution in [1.82, 2.24) is 15.0 Å². The van der Waals surface area contributed by atoms with Crippen LogP contribution in [-0.2, 0) is 4.79 Å². The van der Waals surface area contributed by atoms with Crippen molar-refractivity contribution in [3.8, 4) is 0 Å². The van der Waals surface area contributed by atoms with Gasteiger partial charge in [-0.2, -0.15) is 0 Å². The molecule has 0 unspecified atom stereocenters. The van der Waals surface area contributed by atoms with Gasteiger partial charge >= 0.3 is 0 Å². The molecule has 0 radical (unpaired) electrons. The summed E-state index contributed by atoms with van der Waals surface area (Å²) in [6, 6.07) is 2.53. The topological polar surface area (TPSA) is 61.6 Å². The first kappa shape index (κ1) is 17.4. The van der Waals surface area contributed by atoms with E-state index in [9.17, 15) is 4.79 Å². The van der Waals surface area contributed by atoms with Crippen molar-refractivity contribution in [2.45, 2.75) is 57.9 Å². The molecule has 2 aliphatic rings. The summed E-state index contributed by atoms with van der Waals surface area (Å²) in [5, 5.41) is 6.79. The molecule has 1 amide bonds. The monoisotopic (exact) mass is 334 g/mol. The molecular weight excluding hydrogens is 304 g/mol. The fourth-order valence-corrected chi connectivity index (χ4v) is 3.73. The van der Waals surface area contributed by atoms with E-state index in [0.29, 0.717) is 24.4 Å². The third-order valence-electron chi connectivity index (χ3n) is 5.21. The van der Waals surface area contributed by atoms with Crippen LogP contribution in [-0.4, -0.2) is 59.6 Å². The number of anilines is 1. The number of amides is 1. The summed E-state index contributed by atoms with van der Waals surface area (Å²) in [4.78, 5) is 17.1. The normalized spacial score (nSPS) is 21.3. The smallest absolute Gasteiger partial charge is 0.240 e. The molecule has 0 aliphatic carbocycles. The van der Waals surface area contributed by atoms with Crippen LogP contribution in [0.3, 0.4) is 0 Å². The summed E-state index contributed by atoms with van der Waals surface area (Å²) >= 11 is 0. The van der Waals surface area contributed by atoms with Crippen molar-refractivity contribution in [2.75, 3.05) is 38.0 Å². The van der Waals surface area contributed by atoms with Gasteiger partial charge < -0.3 is 9.42 Å². The molecule has 24 heavy (non-hydrogen) atoms. The Labute approximate surface area is 144 Å². The van der Waals surface area contributed by atoms with Crippen LogP contribution in [0.1, 0.15) is 57.6 Å². The second-order valence-electron chi connectivity index (χ2n) is 7.42. The fourth-order valence-electron chi connectivity index (χ4n) is 3.73. The van der Waals surface area contributed by atoms with Gasteiger partial charge in [0, 0.05) is 25.2 Å². The number of carbonyl (C=O) groups excluding carboxylic acids is 1. The lowest BCUT2D eigenvalue weighted by Crippen LogP contribution is -2.48. The number of aromatic nitrogens is 1. The average Bonchev–Trinajstić information content (AvgIpc) is 3.05. The summed E-state index contributed by atoms with van der Waals surface area (Å²) in [5.74, 6) is 0.734. The second-order valence-corrected chi connectivity index (χ2v) is 7.42. The Morgan fingerprint density at radius 1 is 1.25 bits per heavy atom. The van der Waals surface area contributed by atoms with E-state index in [0.717, 1.165) is 18.8 Å². The molecule has 134 valence electrons. The molecule has 6 heteroatoms. The molecule has 0 saturated carbocycles. The second kappa shape index (κ2) is 8.12. The molecule has 6 nitrogen and oxygen atoms in total. The largest absolute Gasteiger partial charge is 0.338 e. The lowest BCUT2D eigenvalue weighted by Gasteiger charge is -2.40. The van der Waals surface area contributed by atoms with Crippen LogP contribution >= 0.6 is 0 Å². The van der Waals surface area contributed by atoms with E-state index in [1.807, 2.05) is 6.07 Å². The summed E-state index contributed by atoms with van der Waals surface area (Å²) < 4.78 is 5.18. The predicted octanol–water partition coefficient (Wildman–Crippen LogP) is 2.69. The van der Waals surface area contributed by atoms with Gasteiger partial charge in [-0.3, -0.25) is 15.0 Å². The molecule has 0 spiro atoms. The fraction of sp³-hybridized carbons (Fsp3) is 0.778. The van der Waals surface area contributed by atoms with Crippen molar-refractivity contribution in [3.05, 3.63) is 11.8 Å². The number of likely N-dealkylation sites (tertiary alicyclic amines) is 2. The molecule has 1 N–H and O–H groups in total. The van der Waals surface area contributed by atoms with Crippen LogP contribution in [0.25, 0.3) is 0 Å². The van der Waals surface area contributed by atoms with Crippen molar-refractivity contribution >= 4 is 11.8 Å². The number of hydrogen-bond donors (Lipinski definition) is 1. The first-order valence-electron chi connectivity index (χ1n) is 9.34. The summed E-state index contributed by atoms with van der Waals surface area (Å²) in [6.45, 7) is 9.06. The van der Waals surface area contributed by atoms with E-state index in [1.165, 1.54) is 45.2 Å². The van der Waals surface area contributed by atoms with E-state index in [-0.39, 0.29) is 5.91 Å². The maximum absolute atomic E-state index is 12.2. The zero-order valence-corrected chi connectivity index (χ0v) is 15.0. The van der Waals surface area contributed by atoms with Crippen LogP contribution < -0.4 is 5.32 Å². The highest BCUT2D eigenvalue weighted by Crippen LogP contribution is 2.21. The van der Waals surface area contributed by atoms with Crippen LogP contribution in [0.15, 0.2) is 10.6 Å². The van der Waals surface area contributed by atoms with Crippen molar-refractivity contribution < 1.29 is 9.32 Å². The number of nitrogens with zero attached hydrogens (tertiary/aromatic N) is 3. The van der Waals surface area contributed by atoms with Gasteiger partial charge in [0.05, 0.1) is 12.2 Å². The molecule has 0 aromatic carbocycles. The molecule has 1 aromatic rings. The van der Waals surface area contributed by atoms with E-state index in [4.69, 9.17) is 4.52 Å². The van der Waals surface area contributed by atoms with E-state index < -0.39 is 0 Å². The van der Waals surface area contributed by atoms with Crippen LogP contribution in [0, 0.1) is 0 Å². The van der Waals surface area contributed by atoms with Gasteiger partial charge in [0.2, 0.25) is 11.8 Å². The van der Waals surface area contributed by atoms with Gasteiger partial charge in [0.15, 0.2) is 0 Å². The van der Waals surface area contributed by atoms with Crippen LogP contribution in [0.4, 0.5) is 5.88 Å². The highest BCUT2D eigenvalue weighted by Gasteiger charge is 2.26. The molecule has 2 fully saturated rings. The Bertz CT molecular complexity index is 529. The molecule has 1 aromatic heterocycles. The van der Waals surface area contributed by atoms with Crippen molar-refractivity contribution in [2.24, 2.45) is 0 Å². The Hall–Kier alpha value is -1.40. The number of piperidine rings is 2. The van der Waals surface area contributed by atoms with Crippen LogP contribution in [0.5, 0.6) is 0 Å². The van der Waals surface area contributed by atoms with Crippen molar-refractivity contribution in [1.29, 1.82) is 0 Å². The van der Waals surface area contributed by atoms with Gasteiger partial charge in [0.1, 0.15) is 0 Å². The van der Waals surface area contributed by atoms with Gasteiger partial charge in [-0.25, -0.2) is 0 Å². The minimum absolute atomic E-state index is 0.0159. The van der Waals surface area contributed by atoms with Gasteiger partial charge in [-0.15, -0.1) is 0 Å². The SMILES string of the molecule is CC(C)c1cc(NC(=O)CN2CCC(N3CCCCC3)CC2)on1. The molecule has 3 rings (SSSR count). The molecule has 0 bridgehead atoms.